The van der Waals surface area contributed by atoms with Crippen LogP contribution in [0.15, 0.2) is 0 Å². The summed E-state index contributed by atoms with van der Waals surface area (Å²) in [4.78, 5) is 34.8. The third-order valence-electron chi connectivity index (χ3n) is 9.26. The van der Waals surface area contributed by atoms with E-state index in [9.17, 15) is 24.2 Å². The molecule has 3 unspecified atom stereocenters. The maximum Gasteiger partial charge on any atom is 0.472 e. The van der Waals surface area contributed by atoms with Gasteiger partial charge in [0.15, 0.2) is 6.10 Å². The number of esters is 2. The number of hydrogen-bond acceptors (Lipinski definition) is 9. The van der Waals surface area contributed by atoms with E-state index in [4.69, 9.17) is 19.1 Å². The summed E-state index contributed by atoms with van der Waals surface area (Å²) in [6, 6.07) is 0. The van der Waals surface area contributed by atoms with E-state index in [-0.39, 0.29) is 19.4 Å². The second-order valence-corrected chi connectivity index (χ2v) is 15.8. The first-order valence-electron chi connectivity index (χ1n) is 21.0. The van der Waals surface area contributed by atoms with Gasteiger partial charge in [0.1, 0.15) is 12.7 Å². The molecule has 0 bridgehead atoms. The van der Waals surface area contributed by atoms with Gasteiger partial charge in [-0.25, -0.2) is 4.57 Å². The molecular formula is C40H79O10P. The summed E-state index contributed by atoms with van der Waals surface area (Å²) in [5.74, 6) is -0.917. The Balaban J connectivity index is 4.15. The van der Waals surface area contributed by atoms with Crippen molar-refractivity contribution < 1.29 is 47.8 Å². The number of phosphoric acid groups is 1. The van der Waals surface area contributed by atoms with Gasteiger partial charge < -0.3 is 24.6 Å². The molecule has 3 N–H and O–H groups in total. The van der Waals surface area contributed by atoms with Gasteiger partial charge >= 0.3 is 19.8 Å². The zero-order valence-corrected chi connectivity index (χ0v) is 33.7. The topological polar surface area (TPSA) is 149 Å². The second-order valence-electron chi connectivity index (χ2n) is 14.4. The minimum atomic E-state index is -4.60. The van der Waals surface area contributed by atoms with Crippen molar-refractivity contribution in [1.82, 2.24) is 0 Å². The van der Waals surface area contributed by atoms with Gasteiger partial charge in [0.05, 0.1) is 19.8 Å². The summed E-state index contributed by atoms with van der Waals surface area (Å²) in [5, 5.41) is 18.3. The second kappa shape index (κ2) is 37.3. The SMILES string of the molecule is CCCCCCCCCCCCCCCCCCCCCCC(=O)OC(COC(=O)CCCCCCCCCC)COP(=O)(O)OCC(O)CO. The molecule has 0 aromatic rings. The Bertz CT molecular complexity index is 827. The molecule has 304 valence electrons. The highest BCUT2D eigenvalue weighted by Crippen LogP contribution is 2.43. The number of aliphatic hydroxyl groups excluding tert-OH is 2. The lowest BCUT2D eigenvalue weighted by molar-refractivity contribution is -0.161. The first kappa shape index (κ1) is 50.0. The van der Waals surface area contributed by atoms with E-state index in [1.54, 1.807) is 0 Å². The summed E-state index contributed by atoms with van der Waals surface area (Å²) in [7, 11) is -4.60. The maximum atomic E-state index is 12.6. The zero-order chi connectivity index (χ0) is 37.7. The van der Waals surface area contributed by atoms with Crippen LogP contribution in [0.1, 0.15) is 206 Å². The van der Waals surface area contributed by atoms with Crippen molar-refractivity contribution in [3.8, 4) is 0 Å². The number of aliphatic hydroxyl groups is 2. The minimum Gasteiger partial charge on any atom is -0.462 e. The number of ether oxygens (including phenoxy) is 2. The molecule has 0 fully saturated rings. The number of rotatable bonds is 40. The van der Waals surface area contributed by atoms with Crippen molar-refractivity contribution in [1.29, 1.82) is 0 Å². The van der Waals surface area contributed by atoms with Crippen LogP contribution in [0.3, 0.4) is 0 Å². The van der Waals surface area contributed by atoms with Crippen molar-refractivity contribution in [3.63, 3.8) is 0 Å². The van der Waals surface area contributed by atoms with Crippen LogP contribution in [0.25, 0.3) is 0 Å². The Morgan fingerprint density at radius 2 is 0.843 bits per heavy atom. The van der Waals surface area contributed by atoms with E-state index in [0.29, 0.717) is 12.8 Å². The van der Waals surface area contributed by atoms with E-state index >= 15 is 0 Å². The average Bonchev–Trinajstić information content (AvgIpc) is 3.12. The van der Waals surface area contributed by atoms with Gasteiger partial charge in [-0.05, 0) is 12.8 Å². The van der Waals surface area contributed by atoms with Crippen molar-refractivity contribution in [2.75, 3.05) is 26.4 Å². The largest absolute Gasteiger partial charge is 0.472 e. The Morgan fingerprint density at radius 3 is 1.22 bits per heavy atom. The Kier molecular flexibility index (Phi) is 36.5. The van der Waals surface area contributed by atoms with Gasteiger partial charge in [-0.15, -0.1) is 0 Å². The first-order valence-corrected chi connectivity index (χ1v) is 22.5. The van der Waals surface area contributed by atoms with Crippen LogP contribution < -0.4 is 0 Å². The zero-order valence-electron chi connectivity index (χ0n) is 32.8. The van der Waals surface area contributed by atoms with E-state index in [1.807, 2.05) is 0 Å². The molecule has 0 saturated carbocycles. The molecule has 3 atom stereocenters. The van der Waals surface area contributed by atoms with Crippen molar-refractivity contribution in [2.45, 2.75) is 219 Å². The summed E-state index contributed by atoms with van der Waals surface area (Å²) < 4.78 is 32.6. The molecule has 51 heavy (non-hydrogen) atoms. The molecule has 0 amide bonds. The first-order chi connectivity index (χ1) is 24.7. The minimum absolute atomic E-state index is 0.192. The third kappa shape index (κ3) is 37.1. The molecule has 0 heterocycles. The van der Waals surface area contributed by atoms with Gasteiger partial charge in [0, 0.05) is 12.8 Å². The maximum absolute atomic E-state index is 12.6. The van der Waals surface area contributed by atoms with Gasteiger partial charge in [-0.2, -0.15) is 0 Å². The molecule has 0 aliphatic carbocycles. The van der Waals surface area contributed by atoms with E-state index in [0.717, 1.165) is 38.5 Å². The van der Waals surface area contributed by atoms with E-state index in [1.165, 1.54) is 128 Å². The molecule has 0 saturated heterocycles. The van der Waals surface area contributed by atoms with Crippen LogP contribution in [0.4, 0.5) is 0 Å². The van der Waals surface area contributed by atoms with Gasteiger partial charge in [0.2, 0.25) is 0 Å². The van der Waals surface area contributed by atoms with E-state index < -0.39 is 51.8 Å². The molecule has 11 heteroatoms. The van der Waals surface area contributed by atoms with Crippen molar-refractivity contribution in [2.24, 2.45) is 0 Å². The summed E-state index contributed by atoms with van der Waals surface area (Å²) in [6.07, 6.45) is 32.3. The Labute approximate surface area is 312 Å². The van der Waals surface area contributed by atoms with Crippen LogP contribution in [0.5, 0.6) is 0 Å². The third-order valence-corrected chi connectivity index (χ3v) is 10.2. The molecule has 0 aliphatic rings. The number of unbranched alkanes of at least 4 members (excludes halogenated alkanes) is 26. The fraction of sp³-hybridized carbons (Fsp3) is 0.950. The lowest BCUT2D eigenvalue weighted by Gasteiger charge is -2.20. The van der Waals surface area contributed by atoms with Crippen LogP contribution in [0.2, 0.25) is 0 Å². The lowest BCUT2D eigenvalue weighted by atomic mass is 10.0. The molecule has 0 spiro atoms. The fourth-order valence-corrected chi connectivity index (χ4v) is 6.78. The van der Waals surface area contributed by atoms with Crippen molar-refractivity contribution in [3.05, 3.63) is 0 Å². The average molecular weight is 751 g/mol. The highest BCUT2D eigenvalue weighted by atomic mass is 31.2. The number of carbonyl (C=O) groups is 2. The fourth-order valence-electron chi connectivity index (χ4n) is 5.99. The van der Waals surface area contributed by atoms with Gasteiger partial charge in [-0.3, -0.25) is 18.6 Å². The number of phosphoric ester groups is 1. The highest BCUT2D eigenvalue weighted by molar-refractivity contribution is 7.47. The highest BCUT2D eigenvalue weighted by Gasteiger charge is 2.27. The van der Waals surface area contributed by atoms with Crippen LogP contribution in [-0.4, -0.2) is 65.7 Å². The standard InChI is InChI=1S/C40H79O10P/c1-3-5-7-9-11-13-14-15-16-17-18-19-20-21-22-23-24-26-28-30-32-40(44)50-38(36-49-51(45,46)48-34-37(42)33-41)35-47-39(43)31-29-27-25-12-10-8-6-4-2/h37-38,41-42H,3-36H2,1-2H3,(H,45,46). The van der Waals surface area contributed by atoms with E-state index in [2.05, 4.69) is 18.4 Å². The van der Waals surface area contributed by atoms with Crippen LogP contribution >= 0.6 is 7.82 Å². The van der Waals surface area contributed by atoms with Gasteiger partial charge in [-0.1, -0.05) is 181 Å². The molecule has 0 rings (SSSR count). The molecule has 0 radical (unpaired) electrons. The molecule has 0 aromatic carbocycles. The molecule has 0 aromatic heterocycles. The normalized spacial score (nSPS) is 13.9. The number of hydrogen-bond donors (Lipinski definition) is 3. The predicted octanol–water partition coefficient (Wildman–Crippen LogP) is 10.7. The van der Waals surface area contributed by atoms with Crippen LogP contribution in [0, 0.1) is 0 Å². The number of carbonyl (C=O) groups excluding carboxylic acids is 2. The summed E-state index contributed by atoms with van der Waals surface area (Å²) >= 11 is 0. The Morgan fingerprint density at radius 1 is 0.510 bits per heavy atom. The molecular weight excluding hydrogens is 671 g/mol. The summed E-state index contributed by atoms with van der Waals surface area (Å²) in [6.45, 7) is 2.37. The van der Waals surface area contributed by atoms with Crippen LogP contribution in [-0.2, 0) is 32.7 Å². The molecule has 0 aliphatic heterocycles. The summed E-state index contributed by atoms with van der Waals surface area (Å²) in [5.41, 5.74) is 0. The Hall–Kier alpha value is -1.03. The molecule has 10 nitrogen and oxygen atoms in total. The quantitative estimate of drug-likeness (QED) is 0.0314. The lowest BCUT2D eigenvalue weighted by Crippen LogP contribution is -2.29. The monoisotopic (exact) mass is 751 g/mol. The smallest absolute Gasteiger partial charge is 0.462 e. The van der Waals surface area contributed by atoms with Gasteiger partial charge in [0.25, 0.3) is 0 Å². The van der Waals surface area contributed by atoms with Crippen molar-refractivity contribution >= 4 is 19.8 Å². The predicted molar refractivity (Wildman–Crippen MR) is 206 cm³/mol.